The fraction of sp³-hybridized carbons (Fsp3) is 0.600. The third-order valence-corrected chi connectivity index (χ3v) is 2.64. The molecule has 2 heterocycles. The molecule has 2 unspecified atom stereocenters. The van der Waals surface area contributed by atoms with Crippen molar-refractivity contribution < 1.29 is 9.53 Å². The van der Waals surface area contributed by atoms with Crippen LogP contribution in [-0.4, -0.2) is 18.0 Å². The van der Waals surface area contributed by atoms with Gasteiger partial charge in [0.15, 0.2) is 5.78 Å². The second kappa shape index (κ2) is 2.70. The molecular weight excluding hydrogens is 152 g/mol. The summed E-state index contributed by atoms with van der Waals surface area (Å²) in [6.07, 6.45) is 3.56. The SMILES string of the molecule is C=C(C)C(=O)[C]1CCC2CC1O2. The largest absolute Gasteiger partial charge is 0.374 e. The Labute approximate surface area is 72.6 Å². The highest BCUT2D eigenvalue weighted by Gasteiger charge is 2.44. The zero-order chi connectivity index (χ0) is 8.72. The van der Waals surface area contributed by atoms with Crippen molar-refractivity contribution in [3.8, 4) is 0 Å². The average Bonchev–Trinajstić information content (AvgIpc) is 2.01. The molecular formula is C10H13O2. The van der Waals surface area contributed by atoms with Crippen LogP contribution < -0.4 is 0 Å². The molecule has 3 rings (SSSR count). The van der Waals surface area contributed by atoms with Gasteiger partial charge in [0.25, 0.3) is 0 Å². The summed E-state index contributed by atoms with van der Waals surface area (Å²) in [5, 5.41) is 0. The van der Waals surface area contributed by atoms with Crippen molar-refractivity contribution >= 4 is 5.78 Å². The maximum absolute atomic E-state index is 11.5. The Kier molecular flexibility index (Phi) is 1.80. The molecule has 2 bridgehead atoms. The monoisotopic (exact) mass is 165 g/mol. The topological polar surface area (TPSA) is 26.3 Å². The van der Waals surface area contributed by atoms with Crippen molar-refractivity contribution in [3.63, 3.8) is 0 Å². The highest BCUT2D eigenvalue weighted by atomic mass is 16.5. The number of fused-ring (bicyclic) bond motifs is 2. The Bertz CT molecular complexity index is 223. The zero-order valence-electron chi connectivity index (χ0n) is 7.30. The molecule has 0 aromatic carbocycles. The molecule has 2 heteroatoms. The van der Waals surface area contributed by atoms with Gasteiger partial charge < -0.3 is 4.74 Å². The number of rotatable bonds is 2. The van der Waals surface area contributed by atoms with Crippen LogP contribution in [0.5, 0.6) is 0 Å². The summed E-state index contributed by atoms with van der Waals surface area (Å²) in [6.45, 7) is 5.42. The molecule has 3 fully saturated rings. The molecule has 1 saturated carbocycles. The number of Topliss-reactive ketones (excluding diaryl/α,β-unsaturated/α-hetero) is 1. The lowest BCUT2D eigenvalue weighted by Crippen LogP contribution is -2.49. The van der Waals surface area contributed by atoms with Gasteiger partial charge in [0, 0.05) is 6.42 Å². The summed E-state index contributed by atoms with van der Waals surface area (Å²) >= 11 is 0. The second-order valence-electron chi connectivity index (χ2n) is 3.66. The lowest BCUT2D eigenvalue weighted by Gasteiger charge is -2.45. The van der Waals surface area contributed by atoms with E-state index in [0.717, 1.165) is 25.2 Å². The van der Waals surface area contributed by atoms with Gasteiger partial charge in [0.1, 0.15) is 0 Å². The Morgan fingerprint density at radius 2 is 2.33 bits per heavy atom. The fourth-order valence-electron chi connectivity index (χ4n) is 1.88. The van der Waals surface area contributed by atoms with Gasteiger partial charge in [-0.2, -0.15) is 0 Å². The van der Waals surface area contributed by atoms with Gasteiger partial charge in [-0.05, 0) is 25.3 Å². The molecule has 3 aliphatic rings. The average molecular weight is 165 g/mol. The highest BCUT2D eigenvalue weighted by Crippen LogP contribution is 2.41. The molecule has 2 atom stereocenters. The zero-order valence-corrected chi connectivity index (χ0v) is 7.30. The predicted octanol–water partition coefficient (Wildman–Crippen LogP) is 1.66. The van der Waals surface area contributed by atoms with E-state index in [1.807, 2.05) is 0 Å². The quantitative estimate of drug-likeness (QED) is 0.582. The molecule has 0 aromatic heterocycles. The third-order valence-electron chi connectivity index (χ3n) is 2.64. The first-order valence-corrected chi connectivity index (χ1v) is 4.40. The van der Waals surface area contributed by atoms with Gasteiger partial charge in [-0.15, -0.1) is 0 Å². The van der Waals surface area contributed by atoms with Crippen molar-refractivity contribution in [3.05, 3.63) is 18.1 Å². The molecule has 12 heavy (non-hydrogen) atoms. The van der Waals surface area contributed by atoms with E-state index in [-0.39, 0.29) is 11.9 Å². The second-order valence-corrected chi connectivity index (χ2v) is 3.66. The highest BCUT2D eigenvalue weighted by molar-refractivity contribution is 6.05. The smallest absolute Gasteiger partial charge is 0.167 e. The van der Waals surface area contributed by atoms with Gasteiger partial charge in [0.05, 0.1) is 18.1 Å². The van der Waals surface area contributed by atoms with Crippen molar-refractivity contribution in [2.75, 3.05) is 0 Å². The maximum Gasteiger partial charge on any atom is 0.167 e. The van der Waals surface area contributed by atoms with Crippen molar-refractivity contribution in [1.29, 1.82) is 0 Å². The van der Waals surface area contributed by atoms with Crippen LogP contribution in [0.3, 0.4) is 0 Å². The molecule has 2 saturated heterocycles. The molecule has 65 valence electrons. The van der Waals surface area contributed by atoms with Crippen molar-refractivity contribution in [2.24, 2.45) is 0 Å². The number of ether oxygens (including phenoxy) is 1. The summed E-state index contributed by atoms with van der Waals surface area (Å²) in [4.78, 5) is 11.5. The van der Waals surface area contributed by atoms with Crippen LogP contribution in [-0.2, 0) is 9.53 Å². The van der Waals surface area contributed by atoms with E-state index in [1.54, 1.807) is 6.92 Å². The van der Waals surface area contributed by atoms with E-state index in [9.17, 15) is 4.79 Å². The van der Waals surface area contributed by atoms with Crippen LogP contribution in [0.2, 0.25) is 0 Å². The van der Waals surface area contributed by atoms with E-state index < -0.39 is 0 Å². The number of carbonyl (C=O) groups excluding carboxylic acids is 1. The minimum absolute atomic E-state index is 0.123. The first kappa shape index (κ1) is 7.99. The Morgan fingerprint density at radius 3 is 2.75 bits per heavy atom. The molecule has 1 aliphatic carbocycles. The lowest BCUT2D eigenvalue weighted by molar-refractivity contribution is -0.151. The third kappa shape index (κ3) is 1.11. The van der Waals surface area contributed by atoms with Crippen LogP contribution in [0, 0.1) is 5.92 Å². The predicted molar refractivity (Wildman–Crippen MR) is 45.6 cm³/mol. The van der Waals surface area contributed by atoms with E-state index in [2.05, 4.69) is 6.58 Å². The lowest BCUT2D eigenvalue weighted by atomic mass is 9.76. The van der Waals surface area contributed by atoms with Crippen molar-refractivity contribution in [1.82, 2.24) is 0 Å². The van der Waals surface area contributed by atoms with Gasteiger partial charge in [-0.3, -0.25) is 4.79 Å². The summed E-state index contributed by atoms with van der Waals surface area (Å²) < 4.78 is 5.46. The van der Waals surface area contributed by atoms with E-state index in [4.69, 9.17) is 4.74 Å². The number of hydrogen-bond donors (Lipinski definition) is 0. The first-order valence-electron chi connectivity index (χ1n) is 4.40. The number of carbonyl (C=O) groups is 1. The summed E-state index contributed by atoms with van der Waals surface area (Å²) in [6, 6.07) is 0. The molecule has 0 amide bonds. The standard InChI is InChI=1S/C10H13O2/c1-6(2)10(11)8-4-3-7-5-9(8)12-7/h7,9H,1,3-5H2,2H3. The summed E-state index contributed by atoms with van der Waals surface area (Å²) in [7, 11) is 0. The molecule has 0 N–H and O–H groups in total. The van der Waals surface area contributed by atoms with Gasteiger partial charge in [-0.1, -0.05) is 6.58 Å². The van der Waals surface area contributed by atoms with E-state index >= 15 is 0 Å². The number of ketones is 1. The minimum Gasteiger partial charge on any atom is -0.374 e. The molecule has 2 nitrogen and oxygen atoms in total. The van der Waals surface area contributed by atoms with Gasteiger partial charge >= 0.3 is 0 Å². The van der Waals surface area contributed by atoms with Crippen LogP contribution in [0.15, 0.2) is 12.2 Å². The van der Waals surface area contributed by atoms with Gasteiger partial charge in [0.2, 0.25) is 0 Å². The first-order chi connectivity index (χ1) is 5.68. The Hall–Kier alpha value is -0.630. The van der Waals surface area contributed by atoms with Crippen LogP contribution in [0.4, 0.5) is 0 Å². The van der Waals surface area contributed by atoms with Gasteiger partial charge in [-0.25, -0.2) is 0 Å². The summed E-state index contributed by atoms with van der Waals surface area (Å²) in [5.41, 5.74) is 0.638. The van der Waals surface area contributed by atoms with Crippen LogP contribution in [0.1, 0.15) is 26.2 Å². The number of allylic oxidation sites excluding steroid dienone is 1. The maximum atomic E-state index is 11.5. The fourth-order valence-corrected chi connectivity index (χ4v) is 1.88. The molecule has 2 aliphatic heterocycles. The molecule has 1 radical (unpaired) electrons. The van der Waals surface area contributed by atoms with Crippen LogP contribution in [0.25, 0.3) is 0 Å². The van der Waals surface area contributed by atoms with E-state index in [1.165, 1.54) is 0 Å². The summed E-state index contributed by atoms with van der Waals surface area (Å²) in [5.74, 6) is 1.07. The molecule has 0 spiro atoms. The normalized spacial score (nSPS) is 34.1. The molecule has 0 aromatic rings. The van der Waals surface area contributed by atoms with Crippen LogP contribution >= 0.6 is 0 Å². The minimum atomic E-state index is 0.123. The number of hydrogen-bond acceptors (Lipinski definition) is 2. The van der Waals surface area contributed by atoms with E-state index in [0.29, 0.717) is 11.7 Å². The Balaban J connectivity index is 2.03. The van der Waals surface area contributed by atoms with Crippen molar-refractivity contribution in [2.45, 2.75) is 38.4 Å². The Morgan fingerprint density at radius 1 is 1.67 bits per heavy atom.